The Balaban J connectivity index is 1.51. The molecule has 0 aliphatic carbocycles. The minimum absolute atomic E-state index is 0.179. The Morgan fingerprint density at radius 3 is 2.46 bits per heavy atom. The number of carbonyl (C=O) groups is 1. The first kappa shape index (κ1) is 17.9. The van der Waals surface area contributed by atoms with Gasteiger partial charge in [0.15, 0.2) is 0 Å². The van der Waals surface area contributed by atoms with Crippen LogP contribution in [0, 0.1) is 5.92 Å². The largest absolute Gasteiger partial charge is 0.342 e. The normalized spacial score (nSPS) is 12.8. The number of rotatable bonds is 5. The van der Waals surface area contributed by atoms with E-state index in [1.807, 2.05) is 48.5 Å². The number of hydrogen-bond donors (Lipinski definition) is 2. The van der Waals surface area contributed by atoms with Crippen molar-refractivity contribution in [3.05, 3.63) is 72.3 Å². The maximum Gasteiger partial charge on any atom is 0.244 e. The van der Waals surface area contributed by atoms with Gasteiger partial charge < -0.3 is 10.3 Å². The molecule has 0 bridgehead atoms. The summed E-state index contributed by atoms with van der Waals surface area (Å²) in [7, 11) is 0. The molecule has 1 unspecified atom stereocenters. The van der Waals surface area contributed by atoms with Crippen LogP contribution in [0.15, 0.2) is 60.8 Å². The van der Waals surface area contributed by atoms with Crippen molar-refractivity contribution < 1.29 is 4.79 Å². The van der Waals surface area contributed by atoms with Crippen molar-refractivity contribution in [2.75, 3.05) is 0 Å². The molecule has 0 saturated heterocycles. The van der Waals surface area contributed by atoms with E-state index in [0.717, 1.165) is 27.9 Å². The molecule has 1 amide bonds. The zero-order valence-electron chi connectivity index (χ0n) is 15.8. The SMILES string of the molecule is CC(C)C(NC(=O)/C=C/c1cnc2ccccc2n1)c1nc2ccccc2[nH]1. The van der Waals surface area contributed by atoms with Crippen molar-refractivity contribution in [1.82, 2.24) is 25.3 Å². The molecule has 0 radical (unpaired) electrons. The van der Waals surface area contributed by atoms with Gasteiger partial charge in [0, 0.05) is 6.08 Å². The fourth-order valence-electron chi connectivity index (χ4n) is 3.08. The quantitative estimate of drug-likeness (QED) is 0.519. The van der Waals surface area contributed by atoms with E-state index in [9.17, 15) is 4.79 Å². The monoisotopic (exact) mass is 371 g/mol. The average Bonchev–Trinajstić information content (AvgIpc) is 3.14. The lowest BCUT2D eigenvalue weighted by Gasteiger charge is -2.19. The van der Waals surface area contributed by atoms with Gasteiger partial charge in [-0.1, -0.05) is 38.1 Å². The van der Waals surface area contributed by atoms with E-state index in [0.29, 0.717) is 5.69 Å². The minimum atomic E-state index is -0.216. The molecule has 140 valence electrons. The van der Waals surface area contributed by atoms with E-state index in [1.54, 1.807) is 12.3 Å². The smallest absolute Gasteiger partial charge is 0.244 e. The number of imidazole rings is 1. The van der Waals surface area contributed by atoms with Crippen LogP contribution in [0.4, 0.5) is 0 Å². The highest BCUT2D eigenvalue weighted by molar-refractivity contribution is 5.92. The minimum Gasteiger partial charge on any atom is -0.342 e. The van der Waals surface area contributed by atoms with E-state index in [4.69, 9.17) is 0 Å². The molecule has 0 aliphatic rings. The lowest BCUT2D eigenvalue weighted by Crippen LogP contribution is -2.31. The first-order valence-electron chi connectivity index (χ1n) is 9.25. The van der Waals surface area contributed by atoms with Gasteiger partial charge in [-0.2, -0.15) is 0 Å². The summed E-state index contributed by atoms with van der Waals surface area (Å²) in [6, 6.07) is 15.3. The highest BCUT2D eigenvalue weighted by atomic mass is 16.1. The fourth-order valence-corrected chi connectivity index (χ4v) is 3.08. The summed E-state index contributed by atoms with van der Waals surface area (Å²) in [6.45, 7) is 4.10. The molecule has 6 heteroatoms. The highest BCUT2D eigenvalue weighted by Crippen LogP contribution is 2.22. The first-order chi connectivity index (χ1) is 13.6. The number of aromatic amines is 1. The van der Waals surface area contributed by atoms with E-state index < -0.39 is 0 Å². The Labute approximate surface area is 162 Å². The third-order valence-electron chi connectivity index (χ3n) is 4.54. The molecule has 2 N–H and O–H groups in total. The Morgan fingerprint density at radius 2 is 1.71 bits per heavy atom. The van der Waals surface area contributed by atoms with Crippen molar-refractivity contribution in [3.63, 3.8) is 0 Å². The van der Waals surface area contributed by atoms with Crippen LogP contribution in [-0.2, 0) is 4.79 Å². The summed E-state index contributed by atoms with van der Waals surface area (Å²) >= 11 is 0. The Hall–Kier alpha value is -3.54. The van der Waals surface area contributed by atoms with Crippen LogP contribution < -0.4 is 5.32 Å². The van der Waals surface area contributed by atoms with Gasteiger partial charge in [-0.3, -0.25) is 9.78 Å². The number of para-hydroxylation sites is 4. The molecule has 0 fully saturated rings. The van der Waals surface area contributed by atoms with Gasteiger partial charge in [0.2, 0.25) is 5.91 Å². The van der Waals surface area contributed by atoms with Crippen LogP contribution in [0.3, 0.4) is 0 Å². The Morgan fingerprint density at radius 1 is 1.00 bits per heavy atom. The summed E-state index contributed by atoms with van der Waals surface area (Å²) in [6.07, 6.45) is 4.81. The number of amides is 1. The Kier molecular flexibility index (Phi) is 4.85. The van der Waals surface area contributed by atoms with Crippen LogP contribution in [0.25, 0.3) is 28.1 Å². The van der Waals surface area contributed by atoms with Gasteiger partial charge in [0.1, 0.15) is 5.82 Å². The average molecular weight is 371 g/mol. The van der Waals surface area contributed by atoms with Gasteiger partial charge in [-0.25, -0.2) is 9.97 Å². The summed E-state index contributed by atoms with van der Waals surface area (Å²) in [5, 5.41) is 3.03. The van der Waals surface area contributed by atoms with E-state index in [1.165, 1.54) is 6.08 Å². The number of fused-ring (bicyclic) bond motifs is 2. The van der Waals surface area contributed by atoms with Crippen molar-refractivity contribution in [1.29, 1.82) is 0 Å². The van der Waals surface area contributed by atoms with Crippen LogP contribution in [0.1, 0.15) is 31.4 Å². The van der Waals surface area contributed by atoms with Crippen molar-refractivity contribution >= 4 is 34.1 Å². The third kappa shape index (κ3) is 3.76. The first-order valence-corrected chi connectivity index (χ1v) is 9.25. The zero-order valence-corrected chi connectivity index (χ0v) is 15.8. The van der Waals surface area contributed by atoms with Crippen molar-refractivity contribution in [2.24, 2.45) is 5.92 Å². The number of nitrogens with one attached hydrogen (secondary N) is 2. The highest BCUT2D eigenvalue weighted by Gasteiger charge is 2.20. The Bertz CT molecular complexity index is 1130. The third-order valence-corrected chi connectivity index (χ3v) is 4.54. The summed E-state index contributed by atoms with van der Waals surface area (Å²) in [5.74, 6) is 0.732. The molecule has 6 nitrogen and oxygen atoms in total. The van der Waals surface area contributed by atoms with Crippen LogP contribution in [0.2, 0.25) is 0 Å². The van der Waals surface area contributed by atoms with Gasteiger partial charge in [0.25, 0.3) is 0 Å². The standard InChI is InChI=1S/C22H21N5O/c1-14(2)21(22-25-18-9-5-6-10-19(18)26-22)27-20(28)12-11-15-13-23-16-7-3-4-8-17(16)24-15/h3-14,21H,1-2H3,(H,25,26)(H,27,28)/b12-11+. The van der Waals surface area contributed by atoms with Crippen LogP contribution in [0.5, 0.6) is 0 Å². The summed E-state index contributed by atoms with van der Waals surface area (Å²) in [5.41, 5.74) is 4.11. The molecule has 0 aliphatic heterocycles. The second-order valence-electron chi connectivity index (χ2n) is 6.99. The molecule has 0 saturated carbocycles. The molecule has 2 aromatic heterocycles. The maximum atomic E-state index is 12.5. The van der Waals surface area contributed by atoms with E-state index in [-0.39, 0.29) is 17.9 Å². The zero-order chi connectivity index (χ0) is 19.5. The van der Waals surface area contributed by atoms with Gasteiger partial charge in [-0.05, 0) is 36.3 Å². The predicted octanol–water partition coefficient (Wildman–Crippen LogP) is 4.03. The van der Waals surface area contributed by atoms with Gasteiger partial charge in [0.05, 0.1) is 40.0 Å². The van der Waals surface area contributed by atoms with Crippen molar-refractivity contribution in [3.8, 4) is 0 Å². The number of nitrogens with zero attached hydrogens (tertiary/aromatic N) is 3. The van der Waals surface area contributed by atoms with Crippen molar-refractivity contribution in [2.45, 2.75) is 19.9 Å². The topological polar surface area (TPSA) is 83.6 Å². The number of carbonyl (C=O) groups excluding carboxylic acids is 1. The predicted molar refractivity (Wildman–Crippen MR) is 110 cm³/mol. The molecule has 0 spiro atoms. The van der Waals surface area contributed by atoms with Crippen LogP contribution in [-0.4, -0.2) is 25.8 Å². The lowest BCUT2D eigenvalue weighted by molar-refractivity contribution is -0.117. The molecular weight excluding hydrogens is 350 g/mol. The van der Waals surface area contributed by atoms with Gasteiger partial charge in [-0.15, -0.1) is 0 Å². The molecular formula is C22H21N5O. The second-order valence-corrected chi connectivity index (χ2v) is 6.99. The lowest BCUT2D eigenvalue weighted by atomic mass is 10.0. The molecule has 4 aromatic rings. The molecule has 4 rings (SSSR count). The summed E-state index contributed by atoms with van der Waals surface area (Å²) < 4.78 is 0. The van der Waals surface area contributed by atoms with E-state index in [2.05, 4.69) is 39.1 Å². The number of hydrogen-bond acceptors (Lipinski definition) is 4. The maximum absolute atomic E-state index is 12.5. The molecule has 28 heavy (non-hydrogen) atoms. The number of aromatic nitrogens is 4. The number of benzene rings is 2. The molecule has 1 atom stereocenters. The fraction of sp³-hybridized carbons (Fsp3) is 0.182. The molecule has 2 aromatic carbocycles. The van der Waals surface area contributed by atoms with E-state index >= 15 is 0 Å². The molecule has 2 heterocycles. The van der Waals surface area contributed by atoms with Gasteiger partial charge >= 0.3 is 0 Å². The number of H-pyrrole nitrogens is 1. The second kappa shape index (κ2) is 7.60. The van der Waals surface area contributed by atoms with Crippen LogP contribution >= 0.6 is 0 Å². The summed E-state index contributed by atoms with van der Waals surface area (Å²) in [4.78, 5) is 29.3.